The summed E-state index contributed by atoms with van der Waals surface area (Å²) in [5.74, 6) is 0. The van der Waals surface area contributed by atoms with Gasteiger partial charge in [-0.25, -0.2) is 0 Å². The lowest BCUT2D eigenvalue weighted by atomic mass is 10.1. The fourth-order valence-electron chi connectivity index (χ4n) is 2.42. The van der Waals surface area contributed by atoms with Crippen LogP contribution in [0.2, 0.25) is 0 Å². The molecule has 0 aliphatic carbocycles. The maximum atomic E-state index is 5.72. The molecule has 1 aromatic carbocycles. The second-order valence-electron chi connectivity index (χ2n) is 4.53. The van der Waals surface area contributed by atoms with Crippen LogP contribution in [0.4, 0.5) is 0 Å². The molecule has 2 aromatic heterocycles. The Balaban J connectivity index is 2.06. The van der Waals surface area contributed by atoms with Gasteiger partial charge in [-0.2, -0.15) is 0 Å². The van der Waals surface area contributed by atoms with E-state index in [1.807, 2.05) is 0 Å². The zero-order valence-corrected chi connectivity index (χ0v) is 12.9. The maximum absolute atomic E-state index is 5.72. The summed E-state index contributed by atoms with van der Waals surface area (Å²) in [5, 5.41) is 3.41. The van der Waals surface area contributed by atoms with Crippen molar-refractivity contribution in [3.05, 3.63) is 56.8 Å². The Morgan fingerprint density at radius 1 is 1.21 bits per heavy atom. The Morgan fingerprint density at radius 2 is 2.11 bits per heavy atom. The summed E-state index contributed by atoms with van der Waals surface area (Å²) in [6, 6.07) is 10.7. The molecule has 2 N–H and O–H groups in total. The van der Waals surface area contributed by atoms with Crippen molar-refractivity contribution >= 4 is 38.2 Å². The first-order valence-corrected chi connectivity index (χ1v) is 7.95. The van der Waals surface area contributed by atoms with Gasteiger partial charge in [-0.15, -0.1) is 11.3 Å². The minimum Gasteiger partial charge on any atom is -0.342 e. The number of nitrogens with two attached hydrogens (primary N) is 1. The Kier molecular flexibility index (Phi) is 3.73. The molecule has 0 amide bonds. The van der Waals surface area contributed by atoms with Crippen LogP contribution in [0, 0.1) is 0 Å². The van der Waals surface area contributed by atoms with Crippen molar-refractivity contribution in [2.24, 2.45) is 5.73 Å². The first kappa shape index (κ1) is 12.9. The van der Waals surface area contributed by atoms with E-state index in [0.717, 1.165) is 13.0 Å². The number of benzene rings is 1. The quantitative estimate of drug-likeness (QED) is 0.767. The van der Waals surface area contributed by atoms with Gasteiger partial charge in [0.1, 0.15) is 0 Å². The van der Waals surface area contributed by atoms with E-state index in [0.29, 0.717) is 6.54 Å². The van der Waals surface area contributed by atoms with Crippen LogP contribution in [-0.4, -0.2) is 11.1 Å². The zero-order chi connectivity index (χ0) is 13.2. The van der Waals surface area contributed by atoms with E-state index in [9.17, 15) is 0 Å². The predicted octanol–water partition coefficient (Wildman–Crippen LogP) is 4.01. The van der Waals surface area contributed by atoms with E-state index < -0.39 is 0 Å². The van der Waals surface area contributed by atoms with Gasteiger partial charge < -0.3 is 10.3 Å². The lowest BCUT2D eigenvalue weighted by Gasteiger charge is -2.09. The molecule has 2 heterocycles. The molecule has 0 spiro atoms. The van der Waals surface area contributed by atoms with Crippen LogP contribution in [0.15, 0.2) is 46.4 Å². The van der Waals surface area contributed by atoms with Crippen LogP contribution in [0.5, 0.6) is 0 Å². The molecule has 0 bridgehead atoms. The van der Waals surface area contributed by atoms with Crippen LogP contribution < -0.4 is 5.73 Å². The van der Waals surface area contributed by atoms with Crippen LogP contribution in [-0.2, 0) is 13.0 Å². The highest BCUT2D eigenvalue weighted by Crippen LogP contribution is 2.27. The molecule has 19 heavy (non-hydrogen) atoms. The van der Waals surface area contributed by atoms with Gasteiger partial charge in [0.2, 0.25) is 0 Å². The fraction of sp³-hybridized carbons (Fsp3) is 0.200. The lowest BCUT2D eigenvalue weighted by molar-refractivity contribution is 0.838. The summed E-state index contributed by atoms with van der Waals surface area (Å²) in [6.07, 6.45) is 3.09. The van der Waals surface area contributed by atoms with Crippen LogP contribution in [0.25, 0.3) is 10.9 Å². The number of halogens is 1. The molecule has 3 aromatic rings. The molecule has 2 nitrogen and oxygen atoms in total. The number of rotatable bonds is 4. The van der Waals surface area contributed by atoms with Gasteiger partial charge >= 0.3 is 0 Å². The van der Waals surface area contributed by atoms with E-state index in [1.165, 1.54) is 25.8 Å². The second-order valence-corrected chi connectivity index (χ2v) is 6.38. The molecular formula is C15H15BrN2S. The molecule has 4 heteroatoms. The van der Waals surface area contributed by atoms with Crippen LogP contribution >= 0.6 is 27.3 Å². The van der Waals surface area contributed by atoms with E-state index in [1.54, 1.807) is 11.3 Å². The molecule has 0 saturated heterocycles. The molecule has 0 atom stereocenters. The molecule has 0 saturated carbocycles. The summed E-state index contributed by atoms with van der Waals surface area (Å²) < 4.78 is 3.51. The first-order chi connectivity index (χ1) is 9.29. The van der Waals surface area contributed by atoms with Gasteiger partial charge in [0, 0.05) is 15.5 Å². The molecule has 0 aliphatic heterocycles. The largest absolute Gasteiger partial charge is 0.342 e. The maximum Gasteiger partial charge on any atom is 0.0580 e. The SMILES string of the molecule is NCCc1cccc2ccn(Cc3sccc3Br)c12. The van der Waals surface area contributed by atoms with Crippen molar-refractivity contribution in [1.82, 2.24) is 4.57 Å². The van der Waals surface area contributed by atoms with Crippen LogP contribution in [0.3, 0.4) is 0 Å². The number of para-hydroxylation sites is 1. The molecule has 0 aliphatic rings. The van der Waals surface area contributed by atoms with Crippen molar-refractivity contribution < 1.29 is 0 Å². The van der Waals surface area contributed by atoms with Crippen molar-refractivity contribution in [2.45, 2.75) is 13.0 Å². The summed E-state index contributed by atoms with van der Waals surface area (Å²) in [6.45, 7) is 1.59. The number of hydrogen-bond donors (Lipinski definition) is 1. The lowest BCUT2D eigenvalue weighted by Crippen LogP contribution is -2.05. The van der Waals surface area contributed by atoms with Gasteiger partial charge in [-0.1, -0.05) is 18.2 Å². The summed E-state index contributed by atoms with van der Waals surface area (Å²) in [4.78, 5) is 1.35. The number of nitrogens with zero attached hydrogens (tertiary/aromatic N) is 1. The highest BCUT2D eigenvalue weighted by molar-refractivity contribution is 9.10. The highest BCUT2D eigenvalue weighted by atomic mass is 79.9. The second kappa shape index (κ2) is 5.49. The Bertz CT molecular complexity index is 699. The predicted molar refractivity (Wildman–Crippen MR) is 85.8 cm³/mol. The highest BCUT2D eigenvalue weighted by Gasteiger charge is 2.08. The van der Waals surface area contributed by atoms with Gasteiger partial charge in [0.15, 0.2) is 0 Å². The van der Waals surface area contributed by atoms with Gasteiger partial charge in [-0.3, -0.25) is 0 Å². The number of hydrogen-bond acceptors (Lipinski definition) is 2. The minimum absolute atomic E-state index is 0.687. The smallest absolute Gasteiger partial charge is 0.0580 e. The van der Waals surface area contributed by atoms with Crippen molar-refractivity contribution in [3.8, 4) is 0 Å². The third-order valence-corrected chi connectivity index (χ3v) is 5.20. The zero-order valence-electron chi connectivity index (χ0n) is 10.5. The molecule has 0 radical (unpaired) electrons. The average Bonchev–Trinajstić information content (AvgIpc) is 2.99. The van der Waals surface area contributed by atoms with Crippen molar-refractivity contribution in [3.63, 3.8) is 0 Å². The van der Waals surface area contributed by atoms with E-state index >= 15 is 0 Å². The summed E-state index contributed by atoms with van der Waals surface area (Å²) in [7, 11) is 0. The molecule has 0 unspecified atom stereocenters. The number of thiophene rings is 1. The van der Waals surface area contributed by atoms with E-state index in [4.69, 9.17) is 5.73 Å². The van der Waals surface area contributed by atoms with E-state index in [-0.39, 0.29) is 0 Å². The normalized spacial score (nSPS) is 11.3. The number of aromatic nitrogens is 1. The summed E-state index contributed by atoms with van der Waals surface area (Å²) in [5.41, 5.74) is 8.36. The standard InChI is InChI=1S/C15H15BrN2S/c16-13-6-9-19-14(13)10-18-8-5-12-3-1-2-11(4-7-17)15(12)18/h1-3,5-6,8-9H,4,7,10,17H2. The molecule has 0 fully saturated rings. The first-order valence-electron chi connectivity index (χ1n) is 6.28. The van der Waals surface area contributed by atoms with Gasteiger partial charge in [0.25, 0.3) is 0 Å². The topological polar surface area (TPSA) is 30.9 Å². The number of fused-ring (bicyclic) bond motifs is 1. The van der Waals surface area contributed by atoms with E-state index in [2.05, 4.69) is 62.4 Å². The third-order valence-electron chi connectivity index (χ3n) is 3.29. The Morgan fingerprint density at radius 3 is 2.84 bits per heavy atom. The monoisotopic (exact) mass is 334 g/mol. The molecular weight excluding hydrogens is 320 g/mol. The van der Waals surface area contributed by atoms with Gasteiger partial charge in [0.05, 0.1) is 12.1 Å². The Hall–Kier alpha value is -1.10. The minimum atomic E-state index is 0.687. The molecule has 3 rings (SSSR count). The average molecular weight is 335 g/mol. The fourth-order valence-corrected chi connectivity index (χ4v) is 3.90. The van der Waals surface area contributed by atoms with Crippen molar-refractivity contribution in [2.75, 3.05) is 6.54 Å². The molecule has 98 valence electrons. The summed E-state index contributed by atoms with van der Waals surface area (Å²) >= 11 is 5.39. The van der Waals surface area contributed by atoms with Gasteiger partial charge in [-0.05, 0) is 57.4 Å². The van der Waals surface area contributed by atoms with Crippen LogP contribution in [0.1, 0.15) is 10.4 Å². The van der Waals surface area contributed by atoms with Crippen molar-refractivity contribution in [1.29, 1.82) is 0 Å². The Labute approximate surface area is 125 Å². The third kappa shape index (κ3) is 2.48.